The molecule has 2 aromatic carbocycles. The molecule has 2 amide bonds. The van der Waals surface area contributed by atoms with Crippen molar-refractivity contribution >= 4 is 40.7 Å². The lowest BCUT2D eigenvalue weighted by Gasteiger charge is -2.28. The average Bonchev–Trinajstić information content (AvgIpc) is 2.78. The molecule has 1 N–H and O–H groups in total. The van der Waals surface area contributed by atoms with Crippen LogP contribution in [0, 0.1) is 0 Å². The van der Waals surface area contributed by atoms with Gasteiger partial charge in [-0.2, -0.15) is 0 Å². The highest BCUT2D eigenvalue weighted by Gasteiger charge is 2.26. The van der Waals surface area contributed by atoms with Gasteiger partial charge in [-0.1, -0.05) is 12.1 Å². The van der Waals surface area contributed by atoms with E-state index in [0.29, 0.717) is 41.6 Å². The molecular formula is C23H26N2O5S. The lowest BCUT2D eigenvalue weighted by atomic mass is 10.1. The van der Waals surface area contributed by atoms with Crippen molar-refractivity contribution in [1.82, 2.24) is 0 Å². The third-order valence-corrected chi connectivity index (χ3v) is 5.94. The summed E-state index contributed by atoms with van der Waals surface area (Å²) in [4.78, 5) is 38.9. The quantitative estimate of drug-likeness (QED) is 0.595. The van der Waals surface area contributed by atoms with E-state index in [9.17, 15) is 14.4 Å². The maximum Gasteiger partial charge on any atom is 0.265 e. The minimum Gasteiger partial charge on any atom is -0.492 e. The van der Waals surface area contributed by atoms with Gasteiger partial charge in [0.1, 0.15) is 11.5 Å². The second kappa shape index (κ2) is 10.3. The van der Waals surface area contributed by atoms with Crippen LogP contribution < -0.4 is 19.7 Å². The first-order chi connectivity index (χ1) is 14.9. The van der Waals surface area contributed by atoms with E-state index in [2.05, 4.69) is 5.32 Å². The summed E-state index contributed by atoms with van der Waals surface area (Å²) in [7, 11) is 0. The number of thioether (sulfide) groups is 1. The van der Waals surface area contributed by atoms with Crippen LogP contribution in [0.15, 0.2) is 42.5 Å². The Labute approximate surface area is 186 Å². The summed E-state index contributed by atoms with van der Waals surface area (Å²) in [6.07, 6.45) is 0. The predicted octanol–water partition coefficient (Wildman–Crippen LogP) is 3.77. The summed E-state index contributed by atoms with van der Waals surface area (Å²) in [5.41, 5.74) is 1.69. The zero-order valence-electron chi connectivity index (χ0n) is 17.8. The number of fused-ring (bicyclic) bond motifs is 1. The molecule has 0 spiro atoms. The molecule has 0 saturated carbocycles. The van der Waals surface area contributed by atoms with Crippen molar-refractivity contribution in [3.05, 3.63) is 48.0 Å². The number of amides is 2. The average molecular weight is 443 g/mol. The number of hydrogen-bond acceptors (Lipinski definition) is 6. The van der Waals surface area contributed by atoms with Crippen LogP contribution in [-0.4, -0.2) is 48.4 Å². The van der Waals surface area contributed by atoms with Gasteiger partial charge in [-0.05, 0) is 51.1 Å². The molecule has 0 aromatic heterocycles. The summed E-state index contributed by atoms with van der Waals surface area (Å²) >= 11 is 1.26. The van der Waals surface area contributed by atoms with Gasteiger partial charge in [0.05, 0.1) is 29.0 Å². The summed E-state index contributed by atoms with van der Waals surface area (Å²) in [6.45, 7) is 6.53. The van der Waals surface area contributed by atoms with Crippen LogP contribution in [-0.2, 0) is 9.59 Å². The second-order valence-electron chi connectivity index (χ2n) is 6.90. The van der Waals surface area contributed by atoms with Crippen LogP contribution in [0.25, 0.3) is 0 Å². The molecule has 1 aliphatic rings. The monoisotopic (exact) mass is 442 g/mol. The van der Waals surface area contributed by atoms with E-state index in [0.717, 1.165) is 0 Å². The van der Waals surface area contributed by atoms with Crippen molar-refractivity contribution < 1.29 is 23.9 Å². The number of rotatable bonds is 9. The van der Waals surface area contributed by atoms with Crippen LogP contribution in [0.5, 0.6) is 11.5 Å². The Balaban J connectivity index is 1.62. The molecule has 0 bridgehead atoms. The van der Waals surface area contributed by atoms with E-state index in [4.69, 9.17) is 9.47 Å². The minimum atomic E-state index is -0.429. The fraction of sp³-hybridized carbons (Fsp3) is 0.348. The molecule has 31 heavy (non-hydrogen) atoms. The van der Waals surface area contributed by atoms with Gasteiger partial charge in [0.2, 0.25) is 5.91 Å². The van der Waals surface area contributed by atoms with E-state index < -0.39 is 5.25 Å². The lowest BCUT2D eigenvalue weighted by molar-refractivity contribution is -0.121. The van der Waals surface area contributed by atoms with Crippen LogP contribution >= 0.6 is 11.8 Å². The van der Waals surface area contributed by atoms with Crippen molar-refractivity contribution in [2.75, 3.05) is 35.7 Å². The van der Waals surface area contributed by atoms with E-state index in [1.807, 2.05) is 26.0 Å². The number of carbonyl (C=O) groups is 3. The number of benzene rings is 2. The standard InChI is InChI=1S/C23H26N2O5S/c1-4-25-18-12-16(10-11-20(18)30-13-22(25)27)23(28)15(3)31-14-21(26)24-17-8-6-7-9-19(17)29-5-2/h6-12,15H,4-5,13-14H2,1-3H3,(H,24,26). The molecule has 1 heterocycles. The maximum absolute atomic E-state index is 12.9. The fourth-order valence-corrected chi connectivity index (χ4v) is 4.01. The van der Waals surface area contributed by atoms with Gasteiger partial charge in [-0.25, -0.2) is 0 Å². The number of nitrogens with zero attached hydrogens (tertiary/aromatic N) is 1. The fourth-order valence-electron chi connectivity index (χ4n) is 3.25. The van der Waals surface area contributed by atoms with Gasteiger partial charge in [0.15, 0.2) is 12.4 Å². The normalized spacial score (nSPS) is 13.8. The summed E-state index contributed by atoms with van der Waals surface area (Å²) in [6, 6.07) is 12.3. The number of para-hydroxylation sites is 2. The van der Waals surface area contributed by atoms with Gasteiger partial charge >= 0.3 is 0 Å². The summed E-state index contributed by atoms with van der Waals surface area (Å²) < 4.78 is 11.0. The molecule has 7 nitrogen and oxygen atoms in total. The molecule has 3 rings (SSSR count). The van der Waals surface area contributed by atoms with Gasteiger partial charge < -0.3 is 19.7 Å². The van der Waals surface area contributed by atoms with Gasteiger partial charge in [-0.3, -0.25) is 14.4 Å². The van der Waals surface area contributed by atoms with Crippen molar-refractivity contribution in [2.45, 2.75) is 26.0 Å². The highest BCUT2D eigenvalue weighted by molar-refractivity contribution is 8.01. The third-order valence-electron chi connectivity index (χ3n) is 4.80. The molecule has 2 aromatic rings. The lowest BCUT2D eigenvalue weighted by Crippen LogP contribution is -2.38. The van der Waals surface area contributed by atoms with Crippen LogP contribution in [0.3, 0.4) is 0 Å². The Morgan fingerprint density at radius 3 is 2.74 bits per heavy atom. The highest BCUT2D eigenvalue weighted by Crippen LogP contribution is 2.33. The molecule has 164 valence electrons. The number of anilines is 2. The Kier molecular flexibility index (Phi) is 7.57. The van der Waals surface area contributed by atoms with E-state index in [-0.39, 0.29) is 30.0 Å². The topological polar surface area (TPSA) is 84.9 Å². The number of ketones is 1. The number of likely N-dealkylation sites (N-methyl/N-ethyl adjacent to an activating group) is 1. The molecule has 0 saturated heterocycles. The van der Waals surface area contributed by atoms with E-state index in [1.54, 1.807) is 42.2 Å². The molecular weight excluding hydrogens is 416 g/mol. The Morgan fingerprint density at radius 1 is 1.23 bits per heavy atom. The molecule has 0 radical (unpaired) electrons. The van der Waals surface area contributed by atoms with Crippen molar-refractivity contribution in [1.29, 1.82) is 0 Å². The Hall–Kier alpha value is -3.00. The van der Waals surface area contributed by atoms with Crippen LogP contribution in [0.4, 0.5) is 11.4 Å². The largest absolute Gasteiger partial charge is 0.492 e. The first-order valence-corrected chi connectivity index (χ1v) is 11.2. The molecule has 1 atom stereocenters. The second-order valence-corrected chi connectivity index (χ2v) is 8.23. The van der Waals surface area contributed by atoms with Crippen LogP contribution in [0.2, 0.25) is 0 Å². The summed E-state index contributed by atoms with van der Waals surface area (Å²) in [5.74, 6) is 0.874. The van der Waals surface area contributed by atoms with Gasteiger partial charge in [-0.15, -0.1) is 11.8 Å². The maximum atomic E-state index is 12.9. The molecule has 0 fully saturated rings. The number of hydrogen-bond donors (Lipinski definition) is 1. The van der Waals surface area contributed by atoms with Crippen molar-refractivity contribution in [3.8, 4) is 11.5 Å². The number of nitrogens with one attached hydrogen (secondary N) is 1. The molecule has 0 aliphatic carbocycles. The smallest absolute Gasteiger partial charge is 0.265 e. The number of carbonyl (C=O) groups excluding carboxylic acids is 3. The van der Waals surface area contributed by atoms with E-state index in [1.165, 1.54) is 11.8 Å². The highest BCUT2D eigenvalue weighted by atomic mass is 32.2. The summed E-state index contributed by atoms with van der Waals surface area (Å²) in [5, 5.41) is 2.40. The first-order valence-electron chi connectivity index (χ1n) is 10.2. The third kappa shape index (κ3) is 5.38. The first kappa shape index (κ1) is 22.7. The van der Waals surface area contributed by atoms with Gasteiger partial charge in [0.25, 0.3) is 5.91 Å². The van der Waals surface area contributed by atoms with Crippen molar-refractivity contribution in [2.24, 2.45) is 0 Å². The Bertz CT molecular complexity index is 978. The van der Waals surface area contributed by atoms with Gasteiger partial charge in [0, 0.05) is 12.1 Å². The Morgan fingerprint density at radius 2 is 2.00 bits per heavy atom. The molecule has 1 unspecified atom stereocenters. The molecule has 8 heteroatoms. The number of Topliss-reactive ketones (excluding diaryl/α,β-unsaturated/α-hetero) is 1. The number of ether oxygens (including phenoxy) is 2. The zero-order valence-corrected chi connectivity index (χ0v) is 18.7. The molecule has 1 aliphatic heterocycles. The minimum absolute atomic E-state index is 0.00191. The van der Waals surface area contributed by atoms with Crippen molar-refractivity contribution in [3.63, 3.8) is 0 Å². The SMILES string of the molecule is CCOc1ccccc1NC(=O)CSC(C)C(=O)c1ccc2c(c1)N(CC)C(=O)CO2. The zero-order chi connectivity index (χ0) is 22.4. The predicted molar refractivity (Wildman–Crippen MR) is 122 cm³/mol. The van der Waals surface area contributed by atoms with E-state index >= 15 is 0 Å². The van der Waals surface area contributed by atoms with Crippen LogP contribution in [0.1, 0.15) is 31.1 Å².